The van der Waals surface area contributed by atoms with Crippen molar-refractivity contribution in [2.45, 2.75) is 43.9 Å². The Bertz CT molecular complexity index is 1160. The number of nitrogens with zero attached hydrogens (tertiary/aromatic N) is 3. The summed E-state index contributed by atoms with van der Waals surface area (Å²) < 4.78 is 0. The summed E-state index contributed by atoms with van der Waals surface area (Å²) in [4.78, 5) is 45.3. The standard InChI is InChI=1S/C26H27N3O4/c30-22(27-14-13-26(33)12-6-5-7-17(26)15-27)16-28-23-18-8-1-2-9-19(18)25(32)29(23)21-11-4-3-10-20(21)24(28)31/h1-4,8-11,17,23,33H,5-7,12-16H2/t17-,23+,26+/m0/s1. The number of amides is 3. The molecule has 2 aromatic carbocycles. The average molecular weight is 446 g/mol. The lowest BCUT2D eigenvalue weighted by Gasteiger charge is -2.48. The highest BCUT2D eigenvalue weighted by Crippen LogP contribution is 2.45. The van der Waals surface area contributed by atoms with Crippen molar-refractivity contribution >= 4 is 23.4 Å². The van der Waals surface area contributed by atoms with Gasteiger partial charge >= 0.3 is 0 Å². The Morgan fingerprint density at radius 1 is 0.970 bits per heavy atom. The predicted molar refractivity (Wildman–Crippen MR) is 122 cm³/mol. The smallest absolute Gasteiger partial charge is 0.260 e. The molecule has 7 nitrogen and oxygen atoms in total. The first kappa shape index (κ1) is 20.4. The molecule has 2 aromatic rings. The number of carbonyl (C=O) groups excluding carboxylic acids is 3. The molecule has 3 heterocycles. The first-order valence-electron chi connectivity index (χ1n) is 11.8. The first-order valence-corrected chi connectivity index (χ1v) is 11.8. The van der Waals surface area contributed by atoms with Crippen molar-refractivity contribution < 1.29 is 19.5 Å². The summed E-state index contributed by atoms with van der Waals surface area (Å²) in [7, 11) is 0. The highest BCUT2D eigenvalue weighted by molar-refractivity contribution is 6.17. The first-order chi connectivity index (χ1) is 16.0. The van der Waals surface area contributed by atoms with Gasteiger partial charge in [-0.2, -0.15) is 0 Å². The topological polar surface area (TPSA) is 81.2 Å². The highest BCUT2D eigenvalue weighted by Gasteiger charge is 2.49. The van der Waals surface area contributed by atoms with E-state index in [0.717, 1.165) is 31.2 Å². The number of aliphatic hydroxyl groups is 1. The molecular weight excluding hydrogens is 418 g/mol. The Labute approximate surface area is 192 Å². The second-order valence-electron chi connectivity index (χ2n) is 9.72. The van der Waals surface area contributed by atoms with Crippen molar-refractivity contribution in [1.82, 2.24) is 9.80 Å². The molecule has 1 saturated carbocycles. The number of hydrogen-bond donors (Lipinski definition) is 1. The number of hydrogen-bond acceptors (Lipinski definition) is 4. The highest BCUT2D eigenvalue weighted by atomic mass is 16.3. The monoisotopic (exact) mass is 445 g/mol. The number of likely N-dealkylation sites (tertiary alicyclic amines) is 1. The van der Waals surface area contributed by atoms with Crippen LogP contribution in [0, 0.1) is 5.92 Å². The summed E-state index contributed by atoms with van der Waals surface area (Å²) in [5.41, 5.74) is 1.67. The summed E-state index contributed by atoms with van der Waals surface area (Å²) in [6.45, 7) is 0.924. The molecule has 3 atom stereocenters. The minimum Gasteiger partial charge on any atom is -0.389 e. The molecule has 1 aliphatic carbocycles. The van der Waals surface area contributed by atoms with E-state index in [0.29, 0.717) is 36.3 Å². The van der Waals surface area contributed by atoms with Gasteiger partial charge in [-0.1, -0.05) is 43.2 Å². The Morgan fingerprint density at radius 2 is 1.73 bits per heavy atom. The van der Waals surface area contributed by atoms with Crippen molar-refractivity contribution in [3.8, 4) is 0 Å². The lowest BCUT2D eigenvalue weighted by molar-refractivity contribution is -0.144. The molecule has 1 N–H and O–H groups in total. The Morgan fingerprint density at radius 3 is 2.58 bits per heavy atom. The fourth-order valence-electron chi connectivity index (χ4n) is 6.18. The minimum atomic E-state index is -0.664. The van der Waals surface area contributed by atoms with Crippen LogP contribution in [0.3, 0.4) is 0 Å². The second kappa shape index (κ2) is 7.42. The average Bonchev–Trinajstić information content (AvgIpc) is 3.13. The van der Waals surface area contributed by atoms with E-state index in [-0.39, 0.29) is 30.2 Å². The van der Waals surface area contributed by atoms with Gasteiger partial charge in [-0.15, -0.1) is 0 Å². The van der Waals surface area contributed by atoms with Gasteiger partial charge in [-0.3, -0.25) is 19.3 Å². The Kier molecular flexibility index (Phi) is 4.59. The molecule has 170 valence electrons. The van der Waals surface area contributed by atoms with Gasteiger partial charge in [0.25, 0.3) is 11.8 Å². The predicted octanol–water partition coefficient (Wildman–Crippen LogP) is 2.96. The fourth-order valence-corrected chi connectivity index (χ4v) is 6.18. The molecule has 0 bridgehead atoms. The molecule has 0 aromatic heterocycles. The van der Waals surface area contributed by atoms with E-state index in [9.17, 15) is 19.5 Å². The van der Waals surface area contributed by atoms with E-state index in [1.54, 1.807) is 34.1 Å². The van der Waals surface area contributed by atoms with E-state index >= 15 is 0 Å². The van der Waals surface area contributed by atoms with Gasteiger partial charge in [0.2, 0.25) is 5.91 Å². The van der Waals surface area contributed by atoms with Crippen molar-refractivity contribution in [2.24, 2.45) is 5.92 Å². The van der Waals surface area contributed by atoms with Gasteiger partial charge in [0.05, 0.1) is 16.9 Å². The maximum absolute atomic E-state index is 13.6. The number of piperidine rings is 1. The number of anilines is 1. The third-order valence-electron chi connectivity index (χ3n) is 7.97. The van der Waals surface area contributed by atoms with Crippen LogP contribution in [-0.2, 0) is 4.79 Å². The molecule has 4 aliphatic rings. The number of fused-ring (bicyclic) bond motifs is 6. The van der Waals surface area contributed by atoms with Crippen LogP contribution >= 0.6 is 0 Å². The summed E-state index contributed by atoms with van der Waals surface area (Å²) in [5, 5.41) is 11.0. The van der Waals surface area contributed by atoms with Crippen molar-refractivity contribution in [3.63, 3.8) is 0 Å². The maximum atomic E-state index is 13.6. The molecule has 1 saturated heterocycles. The van der Waals surface area contributed by atoms with Gasteiger partial charge in [0.15, 0.2) is 0 Å². The normalized spacial score (nSPS) is 28.2. The molecule has 0 radical (unpaired) electrons. The van der Waals surface area contributed by atoms with Gasteiger partial charge in [-0.25, -0.2) is 0 Å². The summed E-state index contributed by atoms with van der Waals surface area (Å²) in [6.07, 6.45) is 3.79. The van der Waals surface area contributed by atoms with Gasteiger partial charge < -0.3 is 14.9 Å². The molecule has 0 unspecified atom stereocenters. The van der Waals surface area contributed by atoms with Crippen LogP contribution in [0.2, 0.25) is 0 Å². The number of para-hydroxylation sites is 1. The molecule has 3 amide bonds. The van der Waals surface area contributed by atoms with E-state index < -0.39 is 11.8 Å². The summed E-state index contributed by atoms with van der Waals surface area (Å²) >= 11 is 0. The van der Waals surface area contributed by atoms with Gasteiger partial charge in [0.1, 0.15) is 12.7 Å². The third kappa shape index (κ3) is 3.02. The molecule has 3 aliphatic heterocycles. The molecule has 7 heteroatoms. The minimum absolute atomic E-state index is 0.0898. The Hall–Kier alpha value is -3.19. The van der Waals surface area contributed by atoms with E-state index in [1.807, 2.05) is 24.3 Å². The van der Waals surface area contributed by atoms with Crippen molar-refractivity contribution in [2.75, 3.05) is 24.5 Å². The van der Waals surface area contributed by atoms with Crippen LogP contribution in [0.4, 0.5) is 5.69 Å². The van der Waals surface area contributed by atoms with Crippen LogP contribution in [-0.4, -0.2) is 57.9 Å². The fraction of sp³-hybridized carbons (Fsp3) is 0.423. The Balaban J connectivity index is 1.32. The number of carbonyl (C=O) groups is 3. The van der Waals surface area contributed by atoms with Crippen LogP contribution in [0.25, 0.3) is 0 Å². The third-order valence-corrected chi connectivity index (χ3v) is 7.97. The zero-order chi connectivity index (χ0) is 22.7. The number of benzene rings is 2. The summed E-state index contributed by atoms with van der Waals surface area (Å²) in [5.74, 6) is -0.437. The zero-order valence-corrected chi connectivity index (χ0v) is 18.4. The van der Waals surface area contributed by atoms with Crippen LogP contribution < -0.4 is 4.90 Å². The second-order valence-corrected chi connectivity index (χ2v) is 9.72. The lowest BCUT2D eigenvalue weighted by Crippen LogP contribution is -2.57. The van der Waals surface area contributed by atoms with E-state index in [2.05, 4.69) is 0 Å². The molecular formula is C26H27N3O4. The largest absolute Gasteiger partial charge is 0.389 e. The van der Waals surface area contributed by atoms with Crippen LogP contribution in [0.15, 0.2) is 48.5 Å². The maximum Gasteiger partial charge on any atom is 0.260 e. The zero-order valence-electron chi connectivity index (χ0n) is 18.4. The molecule has 33 heavy (non-hydrogen) atoms. The van der Waals surface area contributed by atoms with E-state index in [4.69, 9.17) is 0 Å². The van der Waals surface area contributed by atoms with Crippen LogP contribution in [0.5, 0.6) is 0 Å². The van der Waals surface area contributed by atoms with E-state index in [1.165, 1.54) is 4.90 Å². The molecule has 2 fully saturated rings. The SMILES string of the molecule is O=C(CN1C(=O)c2ccccc2N2C(=O)c3ccccc3[C@H]12)N1CC[C@]2(O)CCCC[C@H]2C1. The molecule has 0 spiro atoms. The summed E-state index contributed by atoms with van der Waals surface area (Å²) in [6, 6.07) is 14.4. The van der Waals surface area contributed by atoms with Gasteiger partial charge in [-0.05, 0) is 37.5 Å². The van der Waals surface area contributed by atoms with Gasteiger partial charge in [0, 0.05) is 30.1 Å². The molecule has 6 rings (SSSR count). The number of rotatable bonds is 2. The quantitative estimate of drug-likeness (QED) is 0.771. The van der Waals surface area contributed by atoms with Crippen molar-refractivity contribution in [3.05, 3.63) is 65.2 Å². The van der Waals surface area contributed by atoms with Crippen LogP contribution in [0.1, 0.15) is 64.5 Å². The lowest BCUT2D eigenvalue weighted by atomic mass is 9.71. The van der Waals surface area contributed by atoms with Crippen molar-refractivity contribution in [1.29, 1.82) is 0 Å².